The zero-order chi connectivity index (χ0) is 30.1. The molecule has 0 amide bonds. The zero-order valence-electron chi connectivity index (χ0n) is 21.7. The number of β-amino-alcohol motifs (C(OH)–C–C–N with tert-alkyl or cyclic N) is 1. The van der Waals surface area contributed by atoms with Crippen molar-refractivity contribution in [2.24, 2.45) is 0 Å². The molecule has 41 heavy (non-hydrogen) atoms. The quantitative estimate of drug-likeness (QED) is 0.182. The number of fused-ring (bicyclic) bond motifs is 2. The summed E-state index contributed by atoms with van der Waals surface area (Å²) in [6.07, 6.45) is 5.77. The first-order valence-electron chi connectivity index (χ1n) is 12.4. The van der Waals surface area contributed by atoms with Gasteiger partial charge in [0.25, 0.3) is 15.1 Å². The lowest BCUT2D eigenvalue weighted by molar-refractivity contribution is -0.706. The third-order valence-electron chi connectivity index (χ3n) is 6.24. The van der Waals surface area contributed by atoms with Crippen molar-refractivity contribution in [1.29, 1.82) is 0 Å². The number of hydrogen-bond acceptors (Lipinski definition) is 10. The van der Waals surface area contributed by atoms with E-state index < -0.39 is 43.9 Å². The average molecular weight is 684 g/mol. The fraction of sp³-hybridized carbons (Fsp3) is 0.400. The van der Waals surface area contributed by atoms with Gasteiger partial charge in [0.05, 0.1) is 51.0 Å². The summed E-state index contributed by atoms with van der Waals surface area (Å²) in [7, 11) is -9.04. The Labute approximate surface area is 257 Å². The van der Waals surface area contributed by atoms with Crippen LogP contribution in [-0.4, -0.2) is 71.8 Å². The Morgan fingerprint density at radius 1 is 1.24 bits per heavy atom. The van der Waals surface area contributed by atoms with Gasteiger partial charge in [-0.25, -0.2) is 8.42 Å². The number of anilines is 1. The van der Waals surface area contributed by atoms with Gasteiger partial charge in [-0.15, -0.1) is 11.6 Å². The number of rotatable bonds is 11. The lowest BCUT2D eigenvalue weighted by atomic mass is 10.1. The van der Waals surface area contributed by atoms with Crippen molar-refractivity contribution < 1.29 is 40.7 Å². The SMILES string of the molecule is CCC(/C=C1\Sc2ccc(Cl)cc2N1CC(O)CS(=O)(=O)[O-])=C\c1sc2c([n+]1CC(O)CS(=O)(=O)O)CC(Cl)C=C2. The molecule has 0 spiro atoms. The van der Waals surface area contributed by atoms with Crippen LogP contribution in [0.25, 0.3) is 12.2 Å². The smallest absolute Gasteiger partial charge is 0.267 e. The molecule has 0 fully saturated rings. The standard InChI is InChI=1S/C25H28Cl2N2O8S4/c1-2-15(7-24-28(11-18(30)13-40(32,33)34)20-9-16(26)3-5-22(20)38-24)8-25-29(12-19(31)14-41(35,36)37)21-10-17(27)4-6-23(21)39-25/h3-9,17-19,30-31H,2,10-14H2,1H3,(H-,32,33,34,35,36,37). The molecule has 0 radical (unpaired) electrons. The highest BCUT2D eigenvalue weighted by Crippen LogP contribution is 2.47. The molecule has 0 bridgehead atoms. The third-order valence-corrected chi connectivity index (χ3v) is 10.6. The molecule has 3 atom stereocenters. The van der Waals surface area contributed by atoms with Crippen molar-refractivity contribution in [3.05, 3.63) is 61.6 Å². The molecule has 3 unspecified atom stereocenters. The number of benzene rings is 1. The Morgan fingerprint density at radius 2 is 1.98 bits per heavy atom. The van der Waals surface area contributed by atoms with Crippen LogP contribution in [0.3, 0.4) is 0 Å². The van der Waals surface area contributed by atoms with Crippen LogP contribution in [0.2, 0.25) is 5.02 Å². The fourth-order valence-electron chi connectivity index (χ4n) is 4.52. The fourth-order valence-corrected chi connectivity index (χ4v) is 8.39. The molecule has 16 heteroatoms. The number of aliphatic hydroxyl groups is 2. The summed E-state index contributed by atoms with van der Waals surface area (Å²) < 4.78 is 67.5. The van der Waals surface area contributed by atoms with Gasteiger partial charge in [-0.3, -0.25) is 4.55 Å². The molecular weight excluding hydrogens is 655 g/mol. The molecular formula is C25H28Cl2N2O8S4. The van der Waals surface area contributed by atoms with E-state index in [2.05, 4.69) is 0 Å². The normalized spacial score (nSPS) is 19.9. The van der Waals surface area contributed by atoms with Gasteiger partial charge in [-0.05, 0) is 42.3 Å². The molecule has 2 aliphatic rings. The van der Waals surface area contributed by atoms with E-state index in [0.29, 0.717) is 28.6 Å². The Bertz CT molecular complexity index is 1620. The molecule has 1 aromatic carbocycles. The number of aliphatic hydroxyl groups excluding tert-OH is 2. The van der Waals surface area contributed by atoms with Crippen LogP contribution in [-0.2, 0) is 33.2 Å². The summed E-state index contributed by atoms with van der Waals surface area (Å²) in [6, 6.07) is 5.23. The highest BCUT2D eigenvalue weighted by molar-refractivity contribution is 8.03. The molecule has 4 rings (SSSR count). The van der Waals surface area contributed by atoms with Crippen LogP contribution >= 0.6 is 46.3 Å². The van der Waals surface area contributed by atoms with Crippen LogP contribution in [0.4, 0.5) is 5.69 Å². The van der Waals surface area contributed by atoms with Crippen molar-refractivity contribution in [1.82, 2.24) is 0 Å². The largest absolute Gasteiger partial charge is 0.748 e. The first-order chi connectivity index (χ1) is 19.1. The highest BCUT2D eigenvalue weighted by atomic mass is 35.5. The number of aromatic nitrogens is 1. The molecule has 0 saturated carbocycles. The van der Waals surface area contributed by atoms with Gasteiger partial charge >= 0.3 is 0 Å². The van der Waals surface area contributed by atoms with Crippen molar-refractivity contribution in [3.8, 4) is 0 Å². The Balaban J connectivity index is 1.73. The van der Waals surface area contributed by atoms with E-state index >= 15 is 0 Å². The summed E-state index contributed by atoms with van der Waals surface area (Å²) in [6.45, 7) is 1.71. The second-order valence-electron chi connectivity index (χ2n) is 9.60. The summed E-state index contributed by atoms with van der Waals surface area (Å²) in [5, 5.41) is 22.4. The highest BCUT2D eigenvalue weighted by Gasteiger charge is 2.32. The van der Waals surface area contributed by atoms with E-state index in [0.717, 1.165) is 26.0 Å². The molecule has 1 aromatic heterocycles. The van der Waals surface area contributed by atoms with Crippen LogP contribution in [0.1, 0.15) is 28.9 Å². The lowest BCUT2D eigenvalue weighted by Crippen LogP contribution is -2.46. The number of halogens is 2. The molecule has 3 N–H and O–H groups in total. The Kier molecular flexibility index (Phi) is 10.3. The number of alkyl halides is 1. The van der Waals surface area contributed by atoms with Crippen LogP contribution < -0.4 is 9.47 Å². The van der Waals surface area contributed by atoms with Crippen molar-refractivity contribution >= 4 is 84.4 Å². The van der Waals surface area contributed by atoms with Gasteiger partial charge in [-0.2, -0.15) is 13.0 Å². The predicted octanol–water partition coefficient (Wildman–Crippen LogP) is 3.27. The molecule has 1 aliphatic heterocycles. The van der Waals surface area contributed by atoms with E-state index in [1.54, 1.807) is 21.6 Å². The van der Waals surface area contributed by atoms with Gasteiger partial charge in [0.15, 0.2) is 6.54 Å². The lowest BCUT2D eigenvalue weighted by Gasteiger charge is -2.24. The number of nitrogens with zero attached hydrogens (tertiary/aromatic N) is 2. The van der Waals surface area contributed by atoms with E-state index in [1.165, 1.54) is 23.1 Å². The minimum absolute atomic E-state index is 0.0802. The van der Waals surface area contributed by atoms with Gasteiger partial charge < -0.3 is 19.7 Å². The molecule has 1 aliphatic carbocycles. The number of thioether (sulfide) groups is 1. The average Bonchev–Trinajstić information content (AvgIpc) is 3.33. The Hall–Kier alpha value is -1.46. The second kappa shape index (κ2) is 13.0. The maximum absolute atomic E-state index is 11.4. The first kappa shape index (κ1) is 32.5. The number of allylic oxidation sites excluding steroid dienone is 3. The zero-order valence-corrected chi connectivity index (χ0v) is 26.5. The van der Waals surface area contributed by atoms with Crippen molar-refractivity contribution in [2.75, 3.05) is 23.0 Å². The predicted molar refractivity (Wildman–Crippen MR) is 161 cm³/mol. The maximum Gasteiger partial charge on any atom is 0.267 e. The monoisotopic (exact) mass is 682 g/mol. The molecule has 0 saturated heterocycles. The first-order valence-corrected chi connectivity index (χ1v) is 18.0. The summed E-state index contributed by atoms with van der Waals surface area (Å²) >= 11 is 15.4. The molecule has 2 aromatic rings. The van der Waals surface area contributed by atoms with Gasteiger partial charge in [-0.1, -0.05) is 47.7 Å². The second-order valence-corrected chi connectivity index (χ2v) is 15.7. The molecule has 2 heterocycles. The molecule has 10 nitrogen and oxygen atoms in total. The van der Waals surface area contributed by atoms with Crippen molar-refractivity contribution in [3.63, 3.8) is 0 Å². The van der Waals surface area contributed by atoms with E-state index in [1.807, 2.05) is 37.3 Å². The number of thiazole rings is 1. The maximum atomic E-state index is 11.4. The summed E-state index contributed by atoms with van der Waals surface area (Å²) in [4.78, 5) is 3.47. The van der Waals surface area contributed by atoms with E-state index in [9.17, 15) is 36.2 Å². The topological polar surface area (TPSA) is 159 Å². The minimum Gasteiger partial charge on any atom is -0.748 e. The van der Waals surface area contributed by atoms with Gasteiger partial charge in [0.1, 0.15) is 16.7 Å². The minimum atomic E-state index is -4.65. The molecule has 224 valence electrons. The van der Waals surface area contributed by atoms with E-state index in [4.69, 9.17) is 23.2 Å². The summed E-state index contributed by atoms with van der Waals surface area (Å²) in [5.74, 6) is -1.75. The summed E-state index contributed by atoms with van der Waals surface area (Å²) in [5.41, 5.74) is 2.34. The van der Waals surface area contributed by atoms with Crippen LogP contribution in [0.15, 0.2) is 45.8 Å². The van der Waals surface area contributed by atoms with Gasteiger partial charge in [0, 0.05) is 16.0 Å². The Morgan fingerprint density at radius 3 is 2.63 bits per heavy atom. The van der Waals surface area contributed by atoms with Crippen LogP contribution in [0, 0.1) is 0 Å². The van der Waals surface area contributed by atoms with Gasteiger partial charge in [0.2, 0.25) is 5.69 Å². The van der Waals surface area contributed by atoms with E-state index in [-0.39, 0.29) is 18.5 Å². The van der Waals surface area contributed by atoms with Crippen LogP contribution in [0.5, 0.6) is 0 Å². The third kappa shape index (κ3) is 8.78. The number of hydrogen-bond donors (Lipinski definition) is 3. The van der Waals surface area contributed by atoms with Crippen molar-refractivity contribution in [2.45, 2.75) is 48.8 Å².